The van der Waals surface area contributed by atoms with E-state index in [1.165, 1.54) is 0 Å². The molecule has 1 rings (SSSR count). The summed E-state index contributed by atoms with van der Waals surface area (Å²) in [6.45, 7) is 12.6. The Morgan fingerprint density at radius 3 is 2.48 bits per heavy atom. The number of aliphatic hydroxyl groups is 1. The first-order valence-electron chi connectivity index (χ1n) is 8.06. The van der Waals surface area contributed by atoms with Crippen LogP contribution >= 0.6 is 0 Å². The van der Waals surface area contributed by atoms with Crippen LogP contribution in [-0.2, 0) is 6.54 Å². The predicted molar refractivity (Wildman–Crippen MR) is 88.8 cm³/mol. The summed E-state index contributed by atoms with van der Waals surface area (Å²) >= 11 is 0. The zero-order valence-corrected chi connectivity index (χ0v) is 14.2. The number of hydrogen-bond acceptors (Lipinski definition) is 3. The highest BCUT2D eigenvalue weighted by Crippen LogP contribution is 2.26. The van der Waals surface area contributed by atoms with Crippen molar-refractivity contribution in [2.75, 3.05) is 13.2 Å². The van der Waals surface area contributed by atoms with E-state index in [-0.39, 0.29) is 0 Å². The van der Waals surface area contributed by atoms with Gasteiger partial charge in [0.1, 0.15) is 12.4 Å². The van der Waals surface area contributed by atoms with Crippen molar-refractivity contribution in [3.63, 3.8) is 0 Å². The molecule has 0 radical (unpaired) electrons. The zero-order valence-electron chi connectivity index (χ0n) is 14.2. The number of benzene rings is 1. The molecule has 3 nitrogen and oxygen atoms in total. The van der Waals surface area contributed by atoms with Crippen LogP contribution < -0.4 is 10.1 Å². The number of para-hydroxylation sites is 1. The summed E-state index contributed by atoms with van der Waals surface area (Å²) in [5, 5.41) is 13.8. The van der Waals surface area contributed by atoms with Gasteiger partial charge in [0.05, 0.1) is 5.60 Å². The molecule has 0 unspecified atom stereocenters. The second kappa shape index (κ2) is 8.40. The third kappa shape index (κ3) is 5.68. The fraction of sp³-hybridized carbons (Fsp3) is 0.667. The van der Waals surface area contributed by atoms with Crippen molar-refractivity contribution < 1.29 is 9.84 Å². The summed E-state index contributed by atoms with van der Waals surface area (Å²) in [5.41, 5.74) is 1.55. The summed E-state index contributed by atoms with van der Waals surface area (Å²) < 4.78 is 5.98. The van der Waals surface area contributed by atoms with Gasteiger partial charge in [0.15, 0.2) is 0 Å². The van der Waals surface area contributed by atoms with Gasteiger partial charge in [0, 0.05) is 12.1 Å². The van der Waals surface area contributed by atoms with E-state index in [4.69, 9.17) is 4.74 Å². The summed E-state index contributed by atoms with van der Waals surface area (Å²) in [5.74, 6) is 1.54. The van der Waals surface area contributed by atoms with Crippen LogP contribution in [0.25, 0.3) is 0 Å². The van der Waals surface area contributed by atoms with E-state index in [0.29, 0.717) is 25.4 Å². The Balaban J connectivity index is 2.75. The minimum Gasteiger partial charge on any atom is -0.490 e. The average Bonchev–Trinajstić information content (AvgIpc) is 2.46. The first kappa shape index (κ1) is 18.0. The summed E-state index contributed by atoms with van der Waals surface area (Å²) in [4.78, 5) is 0. The van der Waals surface area contributed by atoms with Crippen molar-refractivity contribution in [2.24, 2.45) is 5.92 Å². The van der Waals surface area contributed by atoms with Crippen LogP contribution in [0.5, 0.6) is 5.75 Å². The smallest absolute Gasteiger partial charge is 0.126 e. The predicted octanol–water partition coefficient (Wildman–Crippen LogP) is 3.67. The topological polar surface area (TPSA) is 41.5 Å². The minimum atomic E-state index is -0.731. The Morgan fingerprint density at radius 2 is 1.90 bits per heavy atom. The largest absolute Gasteiger partial charge is 0.490 e. The summed E-state index contributed by atoms with van der Waals surface area (Å²) in [7, 11) is 0. The van der Waals surface area contributed by atoms with Gasteiger partial charge in [0.25, 0.3) is 0 Å². The third-order valence-electron chi connectivity index (χ3n) is 3.96. The van der Waals surface area contributed by atoms with E-state index in [1.807, 2.05) is 13.8 Å². The lowest BCUT2D eigenvalue weighted by atomic mass is 9.99. The van der Waals surface area contributed by atoms with E-state index in [2.05, 4.69) is 44.3 Å². The molecule has 0 saturated heterocycles. The van der Waals surface area contributed by atoms with Crippen LogP contribution in [0, 0.1) is 12.8 Å². The molecule has 0 saturated carbocycles. The van der Waals surface area contributed by atoms with Crippen molar-refractivity contribution in [1.29, 1.82) is 0 Å². The molecule has 2 N–H and O–H groups in total. The standard InChI is InChI=1S/C18H31NO2/c1-6-18(20,7-2)13-21-17-15(5)9-8-10-16(17)12-19-11-14(3)4/h8-10,14,19-20H,6-7,11-13H2,1-5H3. The van der Waals surface area contributed by atoms with Gasteiger partial charge in [-0.2, -0.15) is 0 Å². The van der Waals surface area contributed by atoms with Crippen molar-refractivity contribution >= 4 is 0 Å². The highest BCUT2D eigenvalue weighted by atomic mass is 16.5. The molecule has 21 heavy (non-hydrogen) atoms. The minimum absolute atomic E-state index is 0.349. The van der Waals surface area contributed by atoms with Gasteiger partial charge in [-0.3, -0.25) is 0 Å². The molecule has 0 heterocycles. The maximum atomic E-state index is 10.4. The molecular formula is C18H31NO2. The Hall–Kier alpha value is -1.06. The second-order valence-corrected chi connectivity index (χ2v) is 6.31. The van der Waals surface area contributed by atoms with Crippen LogP contribution in [-0.4, -0.2) is 23.9 Å². The van der Waals surface area contributed by atoms with Gasteiger partial charge in [-0.15, -0.1) is 0 Å². The van der Waals surface area contributed by atoms with Gasteiger partial charge in [-0.1, -0.05) is 45.9 Å². The van der Waals surface area contributed by atoms with Gasteiger partial charge in [-0.25, -0.2) is 0 Å². The Morgan fingerprint density at radius 1 is 1.24 bits per heavy atom. The van der Waals surface area contributed by atoms with E-state index < -0.39 is 5.60 Å². The van der Waals surface area contributed by atoms with Gasteiger partial charge in [-0.05, 0) is 37.8 Å². The molecule has 0 bridgehead atoms. The van der Waals surface area contributed by atoms with E-state index >= 15 is 0 Å². The lowest BCUT2D eigenvalue weighted by Gasteiger charge is -2.26. The first-order valence-corrected chi connectivity index (χ1v) is 8.06. The molecular weight excluding hydrogens is 262 g/mol. The lowest BCUT2D eigenvalue weighted by Crippen LogP contribution is -2.34. The maximum absolute atomic E-state index is 10.4. The quantitative estimate of drug-likeness (QED) is 0.730. The normalized spacial score (nSPS) is 12.0. The number of ether oxygens (including phenoxy) is 1. The number of hydrogen-bond donors (Lipinski definition) is 2. The highest BCUT2D eigenvalue weighted by molar-refractivity contribution is 5.40. The molecule has 3 heteroatoms. The lowest BCUT2D eigenvalue weighted by molar-refractivity contribution is -0.0118. The Bertz CT molecular complexity index is 425. The monoisotopic (exact) mass is 293 g/mol. The molecule has 0 spiro atoms. The van der Waals surface area contributed by atoms with Crippen LogP contribution in [0.2, 0.25) is 0 Å². The molecule has 0 aliphatic rings. The van der Waals surface area contributed by atoms with Crippen molar-refractivity contribution in [3.05, 3.63) is 29.3 Å². The average molecular weight is 293 g/mol. The number of rotatable bonds is 9. The molecule has 120 valence electrons. The van der Waals surface area contributed by atoms with Crippen molar-refractivity contribution in [1.82, 2.24) is 5.32 Å². The number of nitrogens with one attached hydrogen (secondary N) is 1. The maximum Gasteiger partial charge on any atom is 0.126 e. The molecule has 0 fully saturated rings. The fourth-order valence-electron chi connectivity index (χ4n) is 2.22. The molecule has 0 atom stereocenters. The van der Waals surface area contributed by atoms with Gasteiger partial charge < -0.3 is 15.2 Å². The van der Waals surface area contributed by atoms with E-state index in [1.54, 1.807) is 0 Å². The fourth-order valence-corrected chi connectivity index (χ4v) is 2.22. The summed E-state index contributed by atoms with van der Waals surface area (Å²) in [6.07, 6.45) is 1.41. The molecule has 0 aromatic heterocycles. The third-order valence-corrected chi connectivity index (χ3v) is 3.96. The first-order chi connectivity index (χ1) is 9.91. The second-order valence-electron chi connectivity index (χ2n) is 6.31. The van der Waals surface area contributed by atoms with Gasteiger partial charge >= 0.3 is 0 Å². The molecule has 1 aromatic rings. The van der Waals surface area contributed by atoms with Crippen LogP contribution in [0.15, 0.2) is 18.2 Å². The highest BCUT2D eigenvalue weighted by Gasteiger charge is 2.24. The molecule has 0 aliphatic carbocycles. The van der Waals surface area contributed by atoms with Crippen LogP contribution in [0.3, 0.4) is 0 Å². The summed E-state index contributed by atoms with van der Waals surface area (Å²) in [6, 6.07) is 6.20. The molecule has 1 aromatic carbocycles. The SMILES string of the molecule is CCC(O)(CC)COc1c(C)cccc1CNCC(C)C. The Kier molecular flexibility index (Phi) is 7.20. The molecule has 0 amide bonds. The zero-order chi connectivity index (χ0) is 15.9. The molecule has 0 aliphatic heterocycles. The van der Waals surface area contributed by atoms with E-state index in [0.717, 1.165) is 30.0 Å². The number of aryl methyl sites for hydroxylation is 1. The van der Waals surface area contributed by atoms with Crippen molar-refractivity contribution in [3.8, 4) is 5.75 Å². The Labute approximate surface area is 129 Å². The van der Waals surface area contributed by atoms with Gasteiger partial charge in [0.2, 0.25) is 0 Å². The van der Waals surface area contributed by atoms with Crippen LogP contribution in [0.4, 0.5) is 0 Å². The van der Waals surface area contributed by atoms with Crippen molar-refractivity contribution in [2.45, 2.75) is 59.6 Å². The van der Waals surface area contributed by atoms with Crippen LogP contribution in [0.1, 0.15) is 51.7 Å². The van der Waals surface area contributed by atoms with E-state index in [9.17, 15) is 5.11 Å².